The van der Waals surface area contributed by atoms with Gasteiger partial charge in [0.15, 0.2) is 10.8 Å². The predicted octanol–water partition coefficient (Wildman–Crippen LogP) is 2.04. The van der Waals surface area contributed by atoms with Crippen molar-refractivity contribution in [3.05, 3.63) is 17.3 Å². The molecule has 6 heteroatoms. The van der Waals surface area contributed by atoms with E-state index in [1.165, 1.54) is 5.69 Å². The third-order valence-corrected chi connectivity index (χ3v) is 4.69. The summed E-state index contributed by atoms with van der Waals surface area (Å²) >= 11 is 1.71. The quantitative estimate of drug-likeness (QED) is 0.941. The molecule has 116 valence electrons. The molecule has 0 aliphatic carbocycles. The second kappa shape index (κ2) is 5.59. The van der Waals surface area contributed by atoms with E-state index in [2.05, 4.69) is 58.9 Å². The maximum Gasteiger partial charge on any atom is 0.195 e. The number of piperazine rings is 1. The molecule has 0 unspecified atom stereocenters. The predicted molar refractivity (Wildman–Crippen MR) is 89.4 cm³/mol. The molecule has 3 rings (SSSR count). The second-order valence-corrected chi connectivity index (χ2v) is 7.70. The largest absolute Gasteiger partial charge is 0.352 e. The van der Waals surface area contributed by atoms with Crippen molar-refractivity contribution in [3.8, 4) is 0 Å². The minimum absolute atomic E-state index is 0.111. The number of thiazole rings is 1. The van der Waals surface area contributed by atoms with Gasteiger partial charge in [0.1, 0.15) is 0 Å². The minimum Gasteiger partial charge on any atom is -0.352 e. The highest BCUT2D eigenvalue weighted by molar-refractivity contribution is 7.15. The molecule has 1 aliphatic rings. The number of aromatic nitrogens is 2. The molecule has 1 fully saturated rings. The molecule has 0 atom stereocenters. The van der Waals surface area contributed by atoms with Crippen molar-refractivity contribution in [1.82, 2.24) is 19.6 Å². The van der Waals surface area contributed by atoms with Crippen LogP contribution in [0, 0.1) is 0 Å². The number of nitrogens with one attached hydrogen (secondary N) is 1. The first-order valence-electron chi connectivity index (χ1n) is 7.57. The average Bonchev–Trinajstić information content (AvgIpc) is 2.97. The summed E-state index contributed by atoms with van der Waals surface area (Å²) in [5, 5.41) is 5.71. The number of likely N-dealkylation sites (N-methyl/N-ethyl adjacent to an activating group) is 1. The number of rotatable bonds is 3. The lowest BCUT2D eigenvalue weighted by Gasteiger charge is -2.33. The number of imidazole rings is 1. The maximum atomic E-state index is 4.87. The Morgan fingerprint density at radius 1 is 1.24 bits per heavy atom. The first-order chi connectivity index (χ1) is 9.94. The van der Waals surface area contributed by atoms with Gasteiger partial charge in [-0.2, -0.15) is 0 Å². The van der Waals surface area contributed by atoms with Crippen molar-refractivity contribution in [2.75, 3.05) is 38.1 Å². The van der Waals surface area contributed by atoms with Gasteiger partial charge in [0.05, 0.1) is 5.69 Å². The Hall–Kier alpha value is -1.11. The smallest absolute Gasteiger partial charge is 0.195 e. The Morgan fingerprint density at radius 3 is 2.62 bits per heavy atom. The van der Waals surface area contributed by atoms with Gasteiger partial charge >= 0.3 is 0 Å². The number of nitrogens with zero attached hydrogens (tertiary/aromatic N) is 4. The molecule has 0 aromatic carbocycles. The molecular formula is C15H25N5S. The molecule has 0 bridgehead atoms. The van der Waals surface area contributed by atoms with Gasteiger partial charge in [-0.05, 0) is 27.8 Å². The highest BCUT2D eigenvalue weighted by Gasteiger charge is 2.23. The van der Waals surface area contributed by atoms with Crippen LogP contribution >= 0.6 is 11.3 Å². The van der Waals surface area contributed by atoms with Gasteiger partial charge in [-0.15, -0.1) is 11.3 Å². The molecule has 1 saturated heterocycles. The van der Waals surface area contributed by atoms with Crippen molar-refractivity contribution in [2.45, 2.75) is 32.9 Å². The number of fused-ring (bicyclic) bond motifs is 1. The van der Waals surface area contributed by atoms with Crippen LogP contribution < -0.4 is 10.2 Å². The molecule has 0 saturated carbocycles. The van der Waals surface area contributed by atoms with Crippen LogP contribution in [0.5, 0.6) is 0 Å². The number of hydrogen-bond acceptors (Lipinski definition) is 5. The van der Waals surface area contributed by atoms with E-state index in [1.807, 2.05) is 0 Å². The number of anilines is 1. The van der Waals surface area contributed by atoms with E-state index in [0.29, 0.717) is 0 Å². The standard InChI is InChI=1S/C15H25N5S/c1-15(2,3)16-11-12-13(17-14-20(12)9-10-21-14)19-7-5-18(4)6-8-19/h9-10,16H,5-8,11H2,1-4H3. The van der Waals surface area contributed by atoms with Crippen molar-refractivity contribution in [2.24, 2.45) is 0 Å². The summed E-state index contributed by atoms with van der Waals surface area (Å²) in [7, 11) is 2.19. The van der Waals surface area contributed by atoms with E-state index < -0.39 is 0 Å². The molecular weight excluding hydrogens is 282 g/mol. The lowest BCUT2D eigenvalue weighted by molar-refractivity contribution is 0.311. The molecule has 3 heterocycles. The fourth-order valence-corrected chi connectivity index (χ4v) is 3.33. The first kappa shape index (κ1) is 14.8. The molecule has 1 N–H and O–H groups in total. The molecule has 0 amide bonds. The van der Waals surface area contributed by atoms with Crippen molar-refractivity contribution in [3.63, 3.8) is 0 Å². The summed E-state index contributed by atoms with van der Waals surface area (Å²) in [5.74, 6) is 1.16. The summed E-state index contributed by atoms with van der Waals surface area (Å²) in [4.78, 5) is 10.8. The topological polar surface area (TPSA) is 35.8 Å². The lowest BCUT2D eigenvalue weighted by atomic mass is 10.1. The van der Waals surface area contributed by atoms with Crippen molar-refractivity contribution >= 4 is 22.1 Å². The van der Waals surface area contributed by atoms with E-state index in [0.717, 1.165) is 43.5 Å². The van der Waals surface area contributed by atoms with Crippen molar-refractivity contribution in [1.29, 1.82) is 0 Å². The zero-order chi connectivity index (χ0) is 15.0. The summed E-state index contributed by atoms with van der Waals surface area (Å²) < 4.78 is 2.23. The SMILES string of the molecule is CN1CCN(c2nc3sccn3c2CNC(C)(C)C)CC1. The normalized spacial score (nSPS) is 17.8. The Morgan fingerprint density at radius 2 is 1.95 bits per heavy atom. The monoisotopic (exact) mass is 307 g/mol. The highest BCUT2D eigenvalue weighted by Crippen LogP contribution is 2.26. The van der Waals surface area contributed by atoms with Crippen LogP contribution in [0.4, 0.5) is 5.82 Å². The van der Waals surface area contributed by atoms with Gasteiger partial charge in [0, 0.05) is 49.8 Å². The highest BCUT2D eigenvalue weighted by atomic mass is 32.1. The second-order valence-electron chi connectivity index (χ2n) is 6.83. The fraction of sp³-hybridized carbons (Fsp3) is 0.667. The molecule has 2 aromatic heterocycles. The summed E-state index contributed by atoms with van der Waals surface area (Å²) in [5.41, 5.74) is 1.39. The molecule has 0 spiro atoms. The van der Waals surface area contributed by atoms with E-state index in [4.69, 9.17) is 4.98 Å². The average molecular weight is 307 g/mol. The Balaban J connectivity index is 1.88. The summed E-state index contributed by atoms with van der Waals surface area (Å²) in [6.07, 6.45) is 2.13. The summed E-state index contributed by atoms with van der Waals surface area (Å²) in [6.45, 7) is 11.8. The van der Waals surface area contributed by atoms with Gasteiger partial charge in [-0.25, -0.2) is 4.98 Å². The first-order valence-corrected chi connectivity index (χ1v) is 8.45. The van der Waals surface area contributed by atoms with E-state index in [1.54, 1.807) is 11.3 Å². The zero-order valence-electron chi connectivity index (χ0n) is 13.4. The van der Waals surface area contributed by atoms with Gasteiger partial charge in [-0.1, -0.05) is 0 Å². The third kappa shape index (κ3) is 3.22. The molecule has 0 radical (unpaired) electrons. The van der Waals surface area contributed by atoms with Crippen LogP contribution in [0.1, 0.15) is 26.5 Å². The van der Waals surface area contributed by atoms with E-state index in [9.17, 15) is 0 Å². The van der Waals surface area contributed by atoms with Gasteiger partial charge in [0.25, 0.3) is 0 Å². The zero-order valence-corrected chi connectivity index (χ0v) is 14.2. The van der Waals surface area contributed by atoms with Crippen LogP contribution in [0.3, 0.4) is 0 Å². The van der Waals surface area contributed by atoms with Crippen LogP contribution in [0.25, 0.3) is 4.96 Å². The van der Waals surface area contributed by atoms with E-state index >= 15 is 0 Å². The van der Waals surface area contributed by atoms with Gasteiger partial charge < -0.3 is 15.1 Å². The molecule has 5 nitrogen and oxygen atoms in total. The van der Waals surface area contributed by atoms with Crippen LogP contribution in [0.15, 0.2) is 11.6 Å². The third-order valence-electron chi connectivity index (χ3n) is 3.93. The molecule has 2 aromatic rings. The number of hydrogen-bond donors (Lipinski definition) is 1. The maximum absolute atomic E-state index is 4.87. The van der Waals surface area contributed by atoms with Gasteiger partial charge in [0.2, 0.25) is 0 Å². The minimum atomic E-state index is 0.111. The molecule has 1 aliphatic heterocycles. The summed E-state index contributed by atoms with van der Waals surface area (Å²) in [6, 6.07) is 0. The van der Waals surface area contributed by atoms with Gasteiger partial charge in [-0.3, -0.25) is 4.40 Å². The Bertz CT molecular complexity index is 601. The van der Waals surface area contributed by atoms with Crippen molar-refractivity contribution < 1.29 is 0 Å². The fourth-order valence-electron chi connectivity index (χ4n) is 2.61. The van der Waals surface area contributed by atoms with Crippen LogP contribution in [-0.4, -0.2) is 53.1 Å². The Labute approximate surface area is 130 Å². The van der Waals surface area contributed by atoms with Crippen LogP contribution in [-0.2, 0) is 6.54 Å². The lowest BCUT2D eigenvalue weighted by Crippen LogP contribution is -2.45. The molecule has 21 heavy (non-hydrogen) atoms. The Kier molecular flexibility index (Phi) is 3.94. The van der Waals surface area contributed by atoms with Crippen LogP contribution in [0.2, 0.25) is 0 Å². The van der Waals surface area contributed by atoms with E-state index in [-0.39, 0.29) is 5.54 Å².